The summed E-state index contributed by atoms with van der Waals surface area (Å²) in [4.78, 5) is 0. The third-order valence-corrected chi connectivity index (χ3v) is 5.08. The number of hydrogen-bond donors (Lipinski definition) is 1. The normalized spacial score (nSPS) is 11.7. The highest BCUT2D eigenvalue weighted by molar-refractivity contribution is 7.92. The van der Waals surface area contributed by atoms with E-state index < -0.39 is 10.0 Å². The van der Waals surface area contributed by atoms with Gasteiger partial charge in [0.05, 0.1) is 29.1 Å². The smallest absolute Gasteiger partial charge is 0.229 e. The molecule has 27 heavy (non-hydrogen) atoms. The van der Waals surface area contributed by atoms with Gasteiger partial charge in [0.2, 0.25) is 10.0 Å². The van der Waals surface area contributed by atoms with Gasteiger partial charge in [0, 0.05) is 23.2 Å². The van der Waals surface area contributed by atoms with Crippen molar-refractivity contribution in [2.24, 2.45) is 5.92 Å². The first-order valence-corrected chi connectivity index (χ1v) is 10.7. The molecule has 0 saturated heterocycles. The number of nitrogens with one attached hydrogen (secondary N) is 1. The Morgan fingerprint density at radius 2 is 1.81 bits per heavy atom. The predicted molar refractivity (Wildman–Crippen MR) is 110 cm³/mol. The van der Waals surface area contributed by atoms with Crippen LogP contribution in [0.4, 0.5) is 5.69 Å². The zero-order valence-electron chi connectivity index (χ0n) is 15.9. The van der Waals surface area contributed by atoms with Gasteiger partial charge in [0.1, 0.15) is 0 Å². The fourth-order valence-electron chi connectivity index (χ4n) is 3.43. The summed E-state index contributed by atoms with van der Waals surface area (Å²) < 4.78 is 28.0. The maximum absolute atomic E-state index is 11.6. The first-order chi connectivity index (χ1) is 12.7. The van der Waals surface area contributed by atoms with Gasteiger partial charge in [-0.15, -0.1) is 0 Å². The molecule has 1 aromatic heterocycles. The first kappa shape index (κ1) is 19.0. The van der Waals surface area contributed by atoms with Gasteiger partial charge < -0.3 is 4.57 Å². The van der Waals surface area contributed by atoms with E-state index in [1.165, 1.54) is 0 Å². The van der Waals surface area contributed by atoms with Crippen molar-refractivity contribution in [3.05, 3.63) is 53.7 Å². The monoisotopic (exact) mass is 381 g/mol. The second-order valence-electron chi connectivity index (χ2n) is 7.26. The van der Waals surface area contributed by atoms with Crippen LogP contribution in [0.2, 0.25) is 0 Å². The van der Waals surface area contributed by atoms with E-state index in [1.54, 1.807) is 6.07 Å². The van der Waals surface area contributed by atoms with Crippen molar-refractivity contribution in [1.29, 1.82) is 5.26 Å². The van der Waals surface area contributed by atoms with E-state index in [1.807, 2.05) is 36.4 Å². The summed E-state index contributed by atoms with van der Waals surface area (Å²) in [5, 5.41) is 10.1. The molecule has 6 heteroatoms. The lowest BCUT2D eigenvalue weighted by atomic mass is 10.0. The van der Waals surface area contributed by atoms with Crippen molar-refractivity contribution in [3.63, 3.8) is 0 Å². The third kappa shape index (κ3) is 3.99. The topological polar surface area (TPSA) is 74.9 Å². The van der Waals surface area contributed by atoms with E-state index in [-0.39, 0.29) is 0 Å². The molecule has 1 heterocycles. The quantitative estimate of drug-likeness (QED) is 0.706. The predicted octanol–water partition coefficient (Wildman–Crippen LogP) is 4.52. The lowest BCUT2D eigenvalue weighted by Crippen LogP contribution is -2.10. The van der Waals surface area contributed by atoms with E-state index in [2.05, 4.69) is 36.1 Å². The van der Waals surface area contributed by atoms with Gasteiger partial charge in [-0.05, 0) is 42.7 Å². The van der Waals surface area contributed by atoms with Gasteiger partial charge in [0.15, 0.2) is 0 Å². The number of aromatic nitrogens is 1. The van der Waals surface area contributed by atoms with Crippen LogP contribution in [0.3, 0.4) is 0 Å². The molecule has 0 spiro atoms. The average Bonchev–Trinajstić information content (AvgIpc) is 2.85. The Morgan fingerprint density at radius 1 is 1.15 bits per heavy atom. The largest absolute Gasteiger partial charge is 0.344 e. The molecule has 0 bridgehead atoms. The fourth-order valence-corrected chi connectivity index (χ4v) is 3.99. The van der Waals surface area contributed by atoms with Crippen LogP contribution in [0.25, 0.3) is 22.0 Å². The number of rotatable bonds is 5. The van der Waals surface area contributed by atoms with Gasteiger partial charge in [-0.3, -0.25) is 4.72 Å². The third-order valence-electron chi connectivity index (χ3n) is 4.48. The van der Waals surface area contributed by atoms with E-state index in [0.717, 1.165) is 40.5 Å². The van der Waals surface area contributed by atoms with Crippen molar-refractivity contribution >= 4 is 26.6 Å². The lowest BCUT2D eigenvalue weighted by molar-refractivity contribution is 0.528. The molecule has 140 valence electrons. The molecule has 3 aromatic rings. The van der Waals surface area contributed by atoms with Gasteiger partial charge in [-0.25, -0.2) is 8.42 Å². The molecule has 0 amide bonds. The average molecular weight is 382 g/mol. The number of benzene rings is 2. The molecule has 0 saturated carbocycles. The molecule has 5 nitrogen and oxygen atoms in total. The molecule has 0 aliphatic carbocycles. The summed E-state index contributed by atoms with van der Waals surface area (Å²) >= 11 is 0. The number of nitriles is 1. The first-order valence-electron chi connectivity index (χ1n) is 8.81. The van der Waals surface area contributed by atoms with Crippen LogP contribution in [0.15, 0.2) is 42.5 Å². The minimum absolute atomic E-state index is 0.444. The van der Waals surface area contributed by atoms with Gasteiger partial charge >= 0.3 is 0 Å². The van der Waals surface area contributed by atoms with Gasteiger partial charge in [-0.2, -0.15) is 5.26 Å². The second kappa shape index (κ2) is 7.09. The van der Waals surface area contributed by atoms with Crippen molar-refractivity contribution < 1.29 is 8.42 Å². The number of anilines is 1. The molecule has 0 fully saturated rings. The van der Waals surface area contributed by atoms with Crippen LogP contribution >= 0.6 is 0 Å². The van der Waals surface area contributed by atoms with Crippen LogP contribution in [-0.2, 0) is 16.6 Å². The molecule has 0 radical (unpaired) electrons. The highest BCUT2D eigenvalue weighted by Gasteiger charge is 2.17. The number of nitrogens with zero attached hydrogens (tertiary/aromatic N) is 2. The standard InChI is InChI=1S/C21H23N3O2S/c1-14(2)13-24-15(3)21(17-7-5-16(12-22)6-8-17)19-10-9-18(11-20(19)24)23-27(4,25)26/h5-11,14,23H,13H2,1-4H3. The highest BCUT2D eigenvalue weighted by atomic mass is 32.2. The lowest BCUT2D eigenvalue weighted by Gasteiger charge is -2.12. The summed E-state index contributed by atoms with van der Waals surface area (Å²) in [6, 6.07) is 15.3. The summed E-state index contributed by atoms with van der Waals surface area (Å²) in [6.07, 6.45) is 1.15. The van der Waals surface area contributed by atoms with E-state index >= 15 is 0 Å². The van der Waals surface area contributed by atoms with Gasteiger partial charge in [-0.1, -0.05) is 32.0 Å². The van der Waals surface area contributed by atoms with Crippen molar-refractivity contribution in [3.8, 4) is 17.2 Å². The number of hydrogen-bond acceptors (Lipinski definition) is 3. The van der Waals surface area contributed by atoms with Crippen LogP contribution in [0.1, 0.15) is 25.1 Å². The Hall–Kier alpha value is -2.78. The summed E-state index contributed by atoms with van der Waals surface area (Å²) in [5.41, 5.74) is 5.46. The minimum Gasteiger partial charge on any atom is -0.344 e. The maximum atomic E-state index is 11.6. The molecule has 1 N–H and O–H groups in total. The van der Waals surface area contributed by atoms with E-state index in [0.29, 0.717) is 17.2 Å². The Balaban J connectivity index is 2.24. The van der Waals surface area contributed by atoms with Gasteiger partial charge in [0.25, 0.3) is 0 Å². The fraction of sp³-hybridized carbons (Fsp3) is 0.286. The molecular formula is C21H23N3O2S. The zero-order valence-corrected chi connectivity index (χ0v) is 16.8. The molecule has 2 aromatic carbocycles. The molecule has 0 unspecified atom stereocenters. The van der Waals surface area contributed by atoms with E-state index in [4.69, 9.17) is 5.26 Å². The highest BCUT2D eigenvalue weighted by Crippen LogP contribution is 2.36. The number of sulfonamides is 1. The van der Waals surface area contributed by atoms with Crippen molar-refractivity contribution in [2.45, 2.75) is 27.3 Å². The Kier molecular flexibility index (Phi) is 4.99. The second-order valence-corrected chi connectivity index (χ2v) is 9.01. The zero-order chi connectivity index (χ0) is 19.8. The van der Waals surface area contributed by atoms with Crippen LogP contribution < -0.4 is 4.72 Å². The Morgan fingerprint density at radius 3 is 2.37 bits per heavy atom. The summed E-state index contributed by atoms with van der Waals surface area (Å²) in [7, 11) is -3.33. The van der Waals surface area contributed by atoms with Crippen LogP contribution in [0, 0.1) is 24.2 Å². The Labute approximate surface area is 160 Å². The minimum atomic E-state index is -3.33. The molecule has 0 aliphatic rings. The maximum Gasteiger partial charge on any atom is 0.229 e. The number of fused-ring (bicyclic) bond motifs is 1. The summed E-state index contributed by atoms with van der Waals surface area (Å²) in [6.45, 7) is 7.23. The summed E-state index contributed by atoms with van der Waals surface area (Å²) in [5.74, 6) is 0.444. The molecule has 3 rings (SSSR count). The molecular weight excluding hydrogens is 358 g/mol. The molecule has 0 aliphatic heterocycles. The van der Waals surface area contributed by atoms with E-state index in [9.17, 15) is 8.42 Å². The Bertz CT molecular complexity index is 1130. The van der Waals surface area contributed by atoms with Crippen LogP contribution in [0.5, 0.6) is 0 Å². The molecule has 0 atom stereocenters. The van der Waals surface area contributed by atoms with Crippen molar-refractivity contribution in [1.82, 2.24) is 4.57 Å². The SMILES string of the molecule is Cc1c(-c2ccc(C#N)cc2)c2ccc(NS(C)(=O)=O)cc2n1CC(C)C. The van der Waals surface area contributed by atoms with Crippen molar-refractivity contribution in [2.75, 3.05) is 11.0 Å². The van der Waals surface area contributed by atoms with Crippen LogP contribution in [-0.4, -0.2) is 19.2 Å².